The molecule has 0 saturated carbocycles. The predicted molar refractivity (Wildman–Crippen MR) is 124 cm³/mol. The Bertz CT molecular complexity index is 1310. The van der Waals surface area contributed by atoms with Crippen LogP contribution in [0.1, 0.15) is 29.8 Å². The first-order valence-corrected chi connectivity index (χ1v) is 11.3. The Balaban J connectivity index is 1.48. The van der Waals surface area contributed by atoms with Gasteiger partial charge in [-0.3, -0.25) is 4.79 Å². The molecule has 5 rings (SSSR count). The van der Waals surface area contributed by atoms with E-state index in [2.05, 4.69) is 4.98 Å². The molecule has 1 amide bonds. The van der Waals surface area contributed by atoms with E-state index >= 15 is 0 Å². The van der Waals surface area contributed by atoms with Gasteiger partial charge < -0.3 is 23.7 Å². The van der Waals surface area contributed by atoms with Crippen molar-refractivity contribution in [1.29, 1.82) is 0 Å². The highest BCUT2D eigenvalue weighted by Crippen LogP contribution is 2.36. The van der Waals surface area contributed by atoms with Gasteiger partial charge >= 0.3 is 0 Å². The highest BCUT2D eigenvalue weighted by atomic mass is 19.2. The van der Waals surface area contributed by atoms with E-state index in [0.717, 1.165) is 23.5 Å². The summed E-state index contributed by atoms with van der Waals surface area (Å²) < 4.78 is 46.6. The lowest BCUT2D eigenvalue weighted by Crippen LogP contribution is -2.59. The molecule has 0 spiro atoms. The van der Waals surface area contributed by atoms with Gasteiger partial charge in [-0.05, 0) is 55.3 Å². The number of carbonyl (C=O) groups excluding carboxylic acids is 1. The molecule has 0 N–H and O–H groups in total. The predicted octanol–water partition coefficient (Wildman–Crippen LogP) is 4.20. The minimum atomic E-state index is -0.964. The normalized spacial score (nSPS) is 23.2. The van der Waals surface area contributed by atoms with E-state index in [-0.39, 0.29) is 30.4 Å². The Morgan fingerprint density at radius 3 is 2.69 bits per heavy atom. The zero-order valence-electron chi connectivity index (χ0n) is 19.6. The molecule has 0 radical (unpaired) electrons. The van der Waals surface area contributed by atoms with Crippen molar-refractivity contribution >= 4 is 12.0 Å². The molecule has 1 aromatic heterocycles. The maximum absolute atomic E-state index is 14.0. The van der Waals surface area contributed by atoms with Gasteiger partial charge in [-0.2, -0.15) is 0 Å². The van der Waals surface area contributed by atoms with E-state index in [4.69, 9.17) is 14.2 Å². The Labute approximate surface area is 201 Å². The minimum Gasteiger partial charge on any atom is -0.495 e. The molecule has 2 fully saturated rings. The van der Waals surface area contributed by atoms with Crippen LogP contribution in [0, 0.1) is 18.6 Å². The van der Waals surface area contributed by atoms with Crippen molar-refractivity contribution in [1.82, 2.24) is 14.5 Å². The standard InChI is InChI=1S/C26H25F2N3O4/c1-15-11-30(14-29-15)21-7-4-17(8-24(21)33-3)9-25-26(32)31-22(16(2)35-25)12-34-13-23(31)18-5-6-19(27)20(28)10-18/h4-11,14,16,22-23H,12-13H2,1-3H3/b25-9-/t16-,22?,23?/m0/s1. The molecular weight excluding hydrogens is 456 g/mol. The molecule has 2 unspecified atom stereocenters. The quantitative estimate of drug-likeness (QED) is 0.523. The number of benzene rings is 2. The number of halogens is 2. The van der Waals surface area contributed by atoms with Gasteiger partial charge in [0.2, 0.25) is 0 Å². The fraction of sp³-hybridized carbons (Fsp3) is 0.308. The topological polar surface area (TPSA) is 65.8 Å². The Hall–Kier alpha value is -3.72. The van der Waals surface area contributed by atoms with Crippen LogP contribution < -0.4 is 4.74 Å². The molecule has 3 heterocycles. The lowest BCUT2D eigenvalue weighted by atomic mass is 9.97. The van der Waals surface area contributed by atoms with Gasteiger partial charge in [0.15, 0.2) is 17.4 Å². The average Bonchev–Trinajstić information content (AvgIpc) is 3.29. The first-order valence-electron chi connectivity index (χ1n) is 11.3. The van der Waals surface area contributed by atoms with Gasteiger partial charge in [-0.15, -0.1) is 0 Å². The highest BCUT2D eigenvalue weighted by Gasteiger charge is 2.45. The molecule has 2 aliphatic rings. The van der Waals surface area contributed by atoms with Crippen LogP contribution in [-0.2, 0) is 14.3 Å². The molecule has 35 heavy (non-hydrogen) atoms. The van der Waals surface area contributed by atoms with E-state index in [1.54, 1.807) is 24.4 Å². The molecular formula is C26H25F2N3O4. The van der Waals surface area contributed by atoms with Crippen molar-refractivity contribution in [2.45, 2.75) is 32.0 Å². The maximum Gasteiger partial charge on any atom is 0.290 e. The van der Waals surface area contributed by atoms with Crippen molar-refractivity contribution in [2.75, 3.05) is 20.3 Å². The average molecular weight is 481 g/mol. The van der Waals surface area contributed by atoms with Crippen LogP contribution in [0.4, 0.5) is 8.78 Å². The van der Waals surface area contributed by atoms with Gasteiger partial charge in [-0.25, -0.2) is 13.8 Å². The Morgan fingerprint density at radius 1 is 1.14 bits per heavy atom. The van der Waals surface area contributed by atoms with Crippen molar-refractivity contribution in [3.05, 3.63) is 83.1 Å². The van der Waals surface area contributed by atoms with Crippen LogP contribution in [0.15, 0.2) is 54.7 Å². The molecule has 2 aliphatic heterocycles. The van der Waals surface area contributed by atoms with E-state index in [0.29, 0.717) is 23.5 Å². The third kappa shape index (κ3) is 4.27. The van der Waals surface area contributed by atoms with Gasteiger partial charge in [-0.1, -0.05) is 12.1 Å². The van der Waals surface area contributed by atoms with Crippen molar-refractivity contribution in [2.24, 2.45) is 0 Å². The second-order valence-corrected chi connectivity index (χ2v) is 8.69. The molecule has 2 saturated heterocycles. The summed E-state index contributed by atoms with van der Waals surface area (Å²) in [5, 5.41) is 0. The number of imidazole rings is 1. The largest absolute Gasteiger partial charge is 0.495 e. The van der Waals surface area contributed by atoms with Crippen LogP contribution >= 0.6 is 0 Å². The lowest BCUT2D eigenvalue weighted by molar-refractivity contribution is -0.166. The fourth-order valence-electron chi connectivity index (χ4n) is 4.58. The second-order valence-electron chi connectivity index (χ2n) is 8.69. The van der Waals surface area contributed by atoms with Gasteiger partial charge in [0.05, 0.1) is 50.1 Å². The van der Waals surface area contributed by atoms with Gasteiger partial charge in [0.25, 0.3) is 5.91 Å². The number of amides is 1. The molecule has 0 aliphatic carbocycles. The number of methoxy groups -OCH3 is 1. The third-order valence-electron chi connectivity index (χ3n) is 6.38. The molecule has 3 aromatic rings. The second kappa shape index (κ2) is 9.14. The Morgan fingerprint density at radius 2 is 1.97 bits per heavy atom. The fourth-order valence-corrected chi connectivity index (χ4v) is 4.58. The monoisotopic (exact) mass is 481 g/mol. The molecule has 182 valence electrons. The smallest absolute Gasteiger partial charge is 0.290 e. The summed E-state index contributed by atoms with van der Waals surface area (Å²) in [6.45, 7) is 4.24. The number of ether oxygens (including phenoxy) is 3. The number of nitrogens with zero attached hydrogens (tertiary/aromatic N) is 3. The van der Waals surface area contributed by atoms with Crippen LogP contribution in [0.25, 0.3) is 11.8 Å². The van der Waals surface area contributed by atoms with E-state index in [1.807, 2.05) is 42.8 Å². The number of aromatic nitrogens is 2. The lowest BCUT2D eigenvalue weighted by Gasteiger charge is -2.47. The summed E-state index contributed by atoms with van der Waals surface area (Å²) in [6, 6.07) is 8.30. The van der Waals surface area contributed by atoms with Crippen LogP contribution in [0.3, 0.4) is 0 Å². The summed E-state index contributed by atoms with van der Waals surface area (Å²) in [5.41, 5.74) is 2.88. The summed E-state index contributed by atoms with van der Waals surface area (Å²) in [6.07, 6.45) is 4.90. The van der Waals surface area contributed by atoms with Crippen molar-refractivity contribution in [3.8, 4) is 11.4 Å². The molecule has 0 bridgehead atoms. The number of hydrogen-bond donors (Lipinski definition) is 0. The van der Waals surface area contributed by atoms with Crippen LogP contribution in [0.5, 0.6) is 5.75 Å². The summed E-state index contributed by atoms with van der Waals surface area (Å²) in [4.78, 5) is 19.5. The van der Waals surface area contributed by atoms with Gasteiger partial charge in [0.1, 0.15) is 11.9 Å². The maximum atomic E-state index is 14.0. The number of hydrogen-bond acceptors (Lipinski definition) is 5. The number of morpholine rings is 2. The molecule has 2 aromatic carbocycles. The Kier molecular flexibility index (Phi) is 6.02. The summed E-state index contributed by atoms with van der Waals surface area (Å²) in [7, 11) is 1.58. The first-order chi connectivity index (χ1) is 16.9. The summed E-state index contributed by atoms with van der Waals surface area (Å²) >= 11 is 0. The zero-order chi connectivity index (χ0) is 24.7. The molecule has 7 nitrogen and oxygen atoms in total. The number of fused-ring (bicyclic) bond motifs is 1. The van der Waals surface area contributed by atoms with Crippen LogP contribution in [0.2, 0.25) is 0 Å². The summed E-state index contributed by atoms with van der Waals surface area (Å²) in [5.74, 6) is -1.46. The number of aryl methyl sites for hydroxylation is 1. The highest BCUT2D eigenvalue weighted by molar-refractivity contribution is 5.97. The van der Waals surface area contributed by atoms with E-state index in [1.165, 1.54) is 6.07 Å². The van der Waals surface area contributed by atoms with E-state index < -0.39 is 17.7 Å². The third-order valence-corrected chi connectivity index (χ3v) is 6.38. The molecule has 9 heteroatoms. The van der Waals surface area contributed by atoms with Gasteiger partial charge in [0, 0.05) is 6.20 Å². The number of rotatable bonds is 4. The van der Waals surface area contributed by atoms with Crippen molar-refractivity contribution in [3.63, 3.8) is 0 Å². The van der Waals surface area contributed by atoms with E-state index in [9.17, 15) is 13.6 Å². The SMILES string of the molecule is COc1cc(/C=C2\O[C@@H](C)C3COCC(c4ccc(F)c(F)c4)N3C2=O)ccc1-n1cnc(C)c1. The zero-order valence-corrected chi connectivity index (χ0v) is 19.6. The minimum absolute atomic E-state index is 0.163. The number of carbonyl (C=O) groups is 1. The van der Waals surface area contributed by atoms with Crippen LogP contribution in [-0.4, -0.2) is 52.8 Å². The van der Waals surface area contributed by atoms with Crippen molar-refractivity contribution < 1.29 is 27.8 Å². The molecule has 3 atom stereocenters. The first kappa shape index (κ1) is 23.0.